The van der Waals surface area contributed by atoms with Gasteiger partial charge in [-0.05, 0) is 31.9 Å². The summed E-state index contributed by atoms with van der Waals surface area (Å²) in [5.74, 6) is -2.16. The van der Waals surface area contributed by atoms with Crippen LogP contribution in [0.15, 0.2) is 34.6 Å². The molecule has 0 amide bonds. The number of hydrogen-bond donors (Lipinski definition) is 1. The lowest BCUT2D eigenvalue weighted by atomic mass is 10.1. The van der Waals surface area contributed by atoms with E-state index in [0.29, 0.717) is 42.8 Å². The fraction of sp³-hybridized carbons (Fsp3) is 0.273. The Labute approximate surface area is 165 Å². The van der Waals surface area contributed by atoms with Crippen molar-refractivity contribution in [2.24, 2.45) is 0 Å². The standard InChI is InChI=1S/C22H20F3N3O/c1-12-3-4-15(19(24)18(12)23)9-14-7-8-28(10-14)11-16-5-6-17-21(20(16)25)27-22(29)13(2)26-17/h3-6,9H,7-8,10-11H2,1-2H3,(H,27,29)/b14-9+. The number of halogens is 3. The van der Waals surface area contributed by atoms with Crippen molar-refractivity contribution in [1.82, 2.24) is 14.9 Å². The van der Waals surface area contributed by atoms with E-state index in [1.165, 1.54) is 6.92 Å². The van der Waals surface area contributed by atoms with Gasteiger partial charge in [-0.25, -0.2) is 18.2 Å². The summed E-state index contributed by atoms with van der Waals surface area (Å²) >= 11 is 0. The molecule has 29 heavy (non-hydrogen) atoms. The number of aryl methyl sites for hydroxylation is 2. The number of benzene rings is 2. The highest BCUT2D eigenvalue weighted by Gasteiger charge is 2.20. The van der Waals surface area contributed by atoms with Gasteiger partial charge in [0.2, 0.25) is 0 Å². The van der Waals surface area contributed by atoms with Gasteiger partial charge in [0.15, 0.2) is 17.5 Å². The Bertz CT molecular complexity index is 1200. The van der Waals surface area contributed by atoms with E-state index in [4.69, 9.17) is 0 Å². The van der Waals surface area contributed by atoms with Crippen molar-refractivity contribution < 1.29 is 13.2 Å². The van der Waals surface area contributed by atoms with Gasteiger partial charge in [-0.3, -0.25) is 9.69 Å². The Morgan fingerprint density at radius 1 is 1.10 bits per heavy atom. The number of H-pyrrole nitrogens is 1. The Balaban J connectivity index is 1.55. The molecule has 1 aliphatic heterocycles. The molecule has 0 aliphatic carbocycles. The average molecular weight is 399 g/mol. The first-order chi connectivity index (χ1) is 13.8. The van der Waals surface area contributed by atoms with Gasteiger partial charge in [0.1, 0.15) is 11.2 Å². The fourth-order valence-electron chi connectivity index (χ4n) is 3.61. The van der Waals surface area contributed by atoms with Crippen LogP contribution in [0.1, 0.15) is 28.8 Å². The van der Waals surface area contributed by atoms with E-state index in [1.54, 1.807) is 37.3 Å². The third-order valence-corrected chi connectivity index (χ3v) is 5.29. The van der Waals surface area contributed by atoms with Crippen LogP contribution in [0.3, 0.4) is 0 Å². The summed E-state index contributed by atoms with van der Waals surface area (Å²) < 4.78 is 42.7. The van der Waals surface area contributed by atoms with E-state index in [2.05, 4.69) is 9.97 Å². The van der Waals surface area contributed by atoms with Crippen LogP contribution in [0.4, 0.5) is 13.2 Å². The number of nitrogens with one attached hydrogen (secondary N) is 1. The molecule has 0 atom stereocenters. The first-order valence-corrected chi connectivity index (χ1v) is 9.38. The zero-order chi connectivity index (χ0) is 20.7. The molecule has 0 unspecified atom stereocenters. The molecule has 1 fully saturated rings. The maximum absolute atomic E-state index is 14.9. The maximum atomic E-state index is 14.9. The topological polar surface area (TPSA) is 49.0 Å². The van der Waals surface area contributed by atoms with Crippen molar-refractivity contribution in [3.63, 3.8) is 0 Å². The van der Waals surface area contributed by atoms with E-state index in [-0.39, 0.29) is 16.6 Å². The van der Waals surface area contributed by atoms with Gasteiger partial charge in [0, 0.05) is 30.8 Å². The van der Waals surface area contributed by atoms with Crippen molar-refractivity contribution in [2.45, 2.75) is 26.8 Å². The highest BCUT2D eigenvalue weighted by Crippen LogP contribution is 2.25. The van der Waals surface area contributed by atoms with Crippen LogP contribution in [0.2, 0.25) is 0 Å². The van der Waals surface area contributed by atoms with E-state index in [9.17, 15) is 18.0 Å². The Morgan fingerprint density at radius 2 is 1.90 bits per heavy atom. The molecule has 0 bridgehead atoms. The normalized spacial score (nSPS) is 16.2. The van der Waals surface area contributed by atoms with Gasteiger partial charge in [0.25, 0.3) is 5.56 Å². The average Bonchev–Trinajstić information content (AvgIpc) is 3.13. The summed E-state index contributed by atoms with van der Waals surface area (Å²) in [6.45, 7) is 4.66. The summed E-state index contributed by atoms with van der Waals surface area (Å²) in [7, 11) is 0. The predicted octanol–water partition coefficient (Wildman–Crippen LogP) is 4.25. The maximum Gasteiger partial charge on any atom is 0.269 e. The van der Waals surface area contributed by atoms with E-state index in [1.807, 2.05) is 4.90 Å². The number of fused-ring (bicyclic) bond motifs is 1. The summed E-state index contributed by atoms with van der Waals surface area (Å²) in [6.07, 6.45) is 2.36. The van der Waals surface area contributed by atoms with Crippen molar-refractivity contribution in [3.8, 4) is 0 Å². The third kappa shape index (κ3) is 3.70. The minimum absolute atomic E-state index is 0.102. The molecule has 1 aliphatic rings. The minimum atomic E-state index is -0.844. The summed E-state index contributed by atoms with van der Waals surface area (Å²) in [5, 5.41) is 0. The van der Waals surface area contributed by atoms with Crippen LogP contribution in [0.25, 0.3) is 17.1 Å². The minimum Gasteiger partial charge on any atom is -0.317 e. The second-order valence-corrected chi connectivity index (χ2v) is 7.45. The quantitative estimate of drug-likeness (QED) is 0.717. The Morgan fingerprint density at radius 3 is 2.69 bits per heavy atom. The Kier molecular flexibility index (Phi) is 5.00. The number of nitrogens with zero attached hydrogens (tertiary/aromatic N) is 2. The molecule has 1 saturated heterocycles. The molecule has 0 saturated carbocycles. The van der Waals surface area contributed by atoms with Crippen LogP contribution in [-0.2, 0) is 6.54 Å². The number of aromatic nitrogens is 2. The Hall–Kier alpha value is -2.93. The summed E-state index contributed by atoms with van der Waals surface area (Å²) in [6, 6.07) is 6.48. The molecule has 1 N–H and O–H groups in total. The van der Waals surface area contributed by atoms with E-state index < -0.39 is 23.0 Å². The highest BCUT2D eigenvalue weighted by atomic mass is 19.2. The van der Waals surface area contributed by atoms with E-state index in [0.717, 1.165) is 5.57 Å². The molecular formula is C22H20F3N3O. The lowest BCUT2D eigenvalue weighted by molar-refractivity contribution is 0.332. The molecule has 2 heterocycles. The zero-order valence-corrected chi connectivity index (χ0v) is 16.2. The summed E-state index contributed by atoms with van der Waals surface area (Å²) in [4.78, 5) is 20.5. The van der Waals surface area contributed by atoms with Gasteiger partial charge in [0.05, 0.1) is 5.52 Å². The second kappa shape index (κ2) is 7.48. The van der Waals surface area contributed by atoms with Crippen LogP contribution in [0, 0.1) is 31.3 Å². The lowest BCUT2D eigenvalue weighted by Crippen LogP contribution is -2.20. The lowest BCUT2D eigenvalue weighted by Gasteiger charge is -2.15. The first kappa shape index (κ1) is 19.4. The SMILES string of the molecule is Cc1ccc(/C=C2\CCN(Cc3ccc4nc(C)c(=O)[nH]c4c3F)C2)c(F)c1F. The largest absolute Gasteiger partial charge is 0.317 e. The van der Waals surface area contributed by atoms with Gasteiger partial charge in [-0.1, -0.05) is 29.8 Å². The van der Waals surface area contributed by atoms with Crippen LogP contribution < -0.4 is 5.56 Å². The molecule has 0 radical (unpaired) electrons. The first-order valence-electron chi connectivity index (χ1n) is 9.38. The van der Waals surface area contributed by atoms with E-state index >= 15 is 0 Å². The number of likely N-dealkylation sites (tertiary alicyclic amines) is 1. The predicted molar refractivity (Wildman–Crippen MR) is 106 cm³/mol. The van der Waals surface area contributed by atoms with Crippen molar-refractivity contribution in [3.05, 3.63) is 80.0 Å². The molecule has 4 nitrogen and oxygen atoms in total. The van der Waals surface area contributed by atoms with Gasteiger partial charge >= 0.3 is 0 Å². The molecule has 0 spiro atoms. The molecule has 3 aromatic rings. The van der Waals surface area contributed by atoms with Gasteiger partial charge in [-0.15, -0.1) is 0 Å². The molecule has 150 valence electrons. The molecule has 7 heteroatoms. The highest BCUT2D eigenvalue weighted by molar-refractivity contribution is 5.75. The summed E-state index contributed by atoms with van der Waals surface area (Å²) in [5.41, 5.74) is 2.29. The van der Waals surface area contributed by atoms with Crippen LogP contribution in [0.5, 0.6) is 0 Å². The number of rotatable bonds is 3. The van der Waals surface area contributed by atoms with Crippen LogP contribution in [-0.4, -0.2) is 28.0 Å². The zero-order valence-electron chi connectivity index (χ0n) is 16.2. The van der Waals surface area contributed by atoms with Crippen LogP contribution >= 0.6 is 0 Å². The monoisotopic (exact) mass is 399 g/mol. The second-order valence-electron chi connectivity index (χ2n) is 7.45. The molecular weight excluding hydrogens is 379 g/mol. The molecule has 1 aromatic heterocycles. The van der Waals surface area contributed by atoms with Crippen molar-refractivity contribution >= 4 is 17.1 Å². The van der Waals surface area contributed by atoms with Crippen molar-refractivity contribution in [1.29, 1.82) is 0 Å². The smallest absolute Gasteiger partial charge is 0.269 e. The number of hydrogen-bond acceptors (Lipinski definition) is 3. The van der Waals surface area contributed by atoms with Crippen molar-refractivity contribution in [2.75, 3.05) is 13.1 Å². The number of aromatic amines is 1. The molecule has 2 aromatic carbocycles. The molecule has 4 rings (SSSR count). The van der Waals surface area contributed by atoms with Gasteiger partial charge < -0.3 is 4.98 Å². The fourth-order valence-corrected chi connectivity index (χ4v) is 3.61. The van der Waals surface area contributed by atoms with Gasteiger partial charge in [-0.2, -0.15) is 0 Å². The third-order valence-electron chi connectivity index (χ3n) is 5.29.